The van der Waals surface area contributed by atoms with Crippen LogP contribution in [0.3, 0.4) is 0 Å². The number of benzene rings is 2. The molecular formula is C24H21BrN2O6. The highest BCUT2D eigenvalue weighted by Crippen LogP contribution is 2.54. The second-order valence-electron chi connectivity index (χ2n) is 7.60. The van der Waals surface area contributed by atoms with Crippen LogP contribution in [0.15, 0.2) is 75.8 Å². The quantitative estimate of drug-likeness (QED) is 0.627. The number of rotatable bonds is 4. The first kappa shape index (κ1) is 22.6. The average Bonchev–Trinajstić information content (AvgIpc) is 3.00. The van der Waals surface area contributed by atoms with Crippen LogP contribution in [0.1, 0.15) is 18.1 Å². The molecule has 1 unspecified atom stereocenters. The largest absolute Gasteiger partial charge is 0.465 e. The highest BCUT2D eigenvalue weighted by atomic mass is 79.9. The normalized spacial score (nSPS) is 19.5. The Morgan fingerprint density at radius 2 is 1.82 bits per heavy atom. The maximum Gasteiger partial charge on any atom is 0.340 e. The van der Waals surface area contributed by atoms with E-state index >= 15 is 0 Å². The van der Waals surface area contributed by atoms with Gasteiger partial charge < -0.3 is 24.8 Å². The number of esters is 2. The minimum atomic E-state index is -1.89. The van der Waals surface area contributed by atoms with E-state index in [1.807, 2.05) is 18.2 Å². The number of halogens is 1. The highest BCUT2D eigenvalue weighted by molar-refractivity contribution is 9.10. The number of methoxy groups -OCH3 is 1. The molecule has 2 heterocycles. The van der Waals surface area contributed by atoms with Crippen LogP contribution in [0, 0.1) is 0 Å². The number of hydrogen-bond donors (Lipinski definition) is 1. The summed E-state index contributed by atoms with van der Waals surface area (Å²) in [4.78, 5) is 41.7. The summed E-state index contributed by atoms with van der Waals surface area (Å²) in [6, 6.07) is 14.3. The van der Waals surface area contributed by atoms with Crippen molar-refractivity contribution in [1.82, 2.24) is 0 Å². The van der Waals surface area contributed by atoms with E-state index in [1.54, 1.807) is 37.4 Å². The van der Waals surface area contributed by atoms with Crippen LogP contribution in [0.4, 0.5) is 5.69 Å². The number of fused-ring (bicyclic) bond motifs is 2. The van der Waals surface area contributed by atoms with Gasteiger partial charge >= 0.3 is 11.9 Å². The summed E-state index contributed by atoms with van der Waals surface area (Å²) in [5.74, 6) is -2.49. The number of carbonyl (C=O) groups is 3. The summed E-state index contributed by atoms with van der Waals surface area (Å²) < 4.78 is 16.8. The van der Waals surface area contributed by atoms with Crippen LogP contribution < -0.4 is 10.6 Å². The number of nitrogens with two attached hydrogens (primary N) is 1. The zero-order valence-corrected chi connectivity index (χ0v) is 19.8. The smallest absolute Gasteiger partial charge is 0.340 e. The van der Waals surface area contributed by atoms with Crippen molar-refractivity contribution in [3.05, 3.63) is 86.9 Å². The number of hydrogen-bond acceptors (Lipinski definition) is 7. The highest BCUT2D eigenvalue weighted by Gasteiger charge is 2.63. The van der Waals surface area contributed by atoms with Gasteiger partial charge in [-0.05, 0) is 30.7 Å². The number of anilines is 1. The molecular weight excluding hydrogens is 492 g/mol. The second-order valence-corrected chi connectivity index (χ2v) is 8.52. The fourth-order valence-corrected chi connectivity index (χ4v) is 4.71. The molecule has 0 saturated heterocycles. The summed E-state index contributed by atoms with van der Waals surface area (Å²) in [6.45, 7) is 1.47. The Morgan fingerprint density at radius 1 is 1.12 bits per heavy atom. The molecule has 1 atom stereocenters. The van der Waals surface area contributed by atoms with E-state index in [0.29, 0.717) is 15.7 Å². The van der Waals surface area contributed by atoms with Crippen molar-refractivity contribution in [2.45, 2.75) is 18.9 Å². The van der Waals surface area contributed by atoms with Crippen LogP contribution in [-0.4, -0.2) is 32.0 Å². The molecule has 33 heavy (non-hydrogen) atoms. The molecule has 1 amide bonds. The van der Waals surface area contributed by atoms with Crippen LogP contribution in [0.25, 0.3) is 0 Å². The topological polar surface area (TPSA) is 108 Å². The third-order valence-electron chi connectivity index (χ3n) is 5.77. The molecule has 0 aromatic heterocycles. The molecule has 0 fully saturated rings. The Kier molecular flexibility index (Phi) is 5.75. The molecule has 0 bridgehead atoms. The fraction of sp³-hybridized carbons (Fsp3) is 0.208. The Morgan fingerprint density at radius 3 is 2.48 bits per heavy atom. The number of carbonyl (C=O) groups excluding carboxylic acids is 3. The maximum atomic E-state index is 13.9. The number of allylic oxidation sites excluding steroid dienone is 1. The fourth-order valence-electron chi connectivity index (χ4n) is 4.35. The summed E-state index contributed by atoms with van der Waals surface area (Å²) in [5, 5.41) is 0. The van der Waals surface area contributed by atoms with Crippen molar-refractivity contribution in [3.63, 3.8) is 0 Å². The van der Waals surface area contributed by atoms with Crippen molar-refractivity contribution >= 4 is 39.5 Å². The van der Waals surface area contributed by atoms with E-state index in [2.05, 4.69) is 15.9 Å². The van der Waals surface area contributed by atoms with E-state index in [-0.39, 0.29) is 29.4 Å². The number of amides is 1. The molecule has 9 heteroatoms. The third-order valence-corrected chi connectivity index (χ3v) is 6.26. The summed E-state index contributed by atoms with van der Waals surface area (Å²) >= 11 is 3.42. The van der Waals surface area contributed by atoms with Gasteiger partial charge in [0.25, 0.3) is 0 Å². The van der Waals surface area contributed by atoms with Crippen molar-refractivity contribution in [2.24, 2.45) is 5.73 Å². The number of likely N-dealkylation sites (N-methyl/N-ethyl adjacent to an activating group) is 1. The Balaban J connectivity index is 1.93. The number of ether oxygens (including phenoxy) is 3. The first-order valence-electron chi connectivity index (χ1n) is 10.0. The molecule has 2 aliphatic rings. The molecule has 170 valence electrons. The summed E-state index contributed by atoms with van der Waals surface area (Å²) in [6.07, 6.45) is 0. The lowest BCUT2D eigenvalue weighted by Gasteiger charge is -2.35. The Hall–Kier alpha value is -3.59. The molecule has 0 radical (unpaired) electrons. The van der Waals surface area contributed by atoms with E-state index < -0.39 is 23.3 Å². The maximum absolute atomic E-state index is 13.9. The van der Waals surface area contributed by atoms with Crippen LogP contribution >= 0.6 is 15.9 Å². The van der Waals surface area contributed by atoms with Gasteiger partial charge in [-0.2, -0.15) is 0 Å². The zero-order valence-electron chi connectivity index (χ0n) is 18.2. The van der Waals surface area contributed by atoms with Crippen LogP contribution in [0.2, 0.25) is 0 Å². The first-order valence-corrected chi connectivity index (χ1v) is 10.8. The third kappa shape index (κ3) is 3.39. The molecule has 2 aliphatic heterocycles. The molecule has 2 aromatic carbocycles. The van der Waals surface area contributed by atoms with Crippen LogP contribution in [0.5, 0.6) is 0 Å². The minimum absolute atomic E-state index is 0.0331. The molecule has 0 aliphatic carbocycles. The zero-order chi connectivity index (χ0) is 23.9. The van der Waals surface area contributed by atoms with E-state index in [9.17, 15) is 14.4 Å². The van der Waals surface area contributed by atoms with Gasteiger partial charge in [-0.3, -0.25) is 4.79 Å². The van der Waals surface area contributed by atoms with Gasteiger partial charge in [0.15, 0.2) is 0 Å². The predicted molar refractivity (Wildman–Crippen MR) is 122 cm³/mol. The van der Waals surface area contributed by atoms with Crippen molar-refractivity contribution < 1.29 is 28.6 Å². The second kappa shape index (κ2) is 8.40. The predicted octanol–water partition coefficient (Wildman–Crippen LogP) is 3.05. The van der Waals surface area contributed by atoms with E-state index in [4.69, 9.17) is 19.9 Å². The summed E-state index contributed by atoms with van der Waals surface area (Å²) in [7, 11) is 2.73. The molecule has 8 nitrogen and oxygen atoms in total. The minimum Gasteiger partial charge on any atom is -0.465 e. The number of nitrogens with zero attached hydrogens (tertiary/aromatic N) is 1. The standard InChI is InChI=1S/C24H21BrN2O6/c1-13-18(22(29)32-12-14-7-5-4-6-8-14)24(19(20(26)33-13)21(28)31-3)16-11-15(25)9-10-17(16)27(2)23(24)30/h4-11H,12,26H2,1-3H3. The van der Waals surface area contributed by atoms with Gasteiger partial charge in [0.05, 0.1) is 7.11 Å². The lowest BCUT2D eigenvalue weighted by Crippen LogP contribution is -2.50. The molecule has 2 aromatic rings. The lowest BCUT2D eigenvalue weighted by atomic mass is 9.67. The Labute approximate surface area is 198 Å². The van der Waals surface area contributed by atoms with Gasteiger partial charge in [0.1, 0.15) is 28.9 Å². The van der Waals surface area contributed by atoms with Gasteiger partial charge in [0.2, 0.25) is 11.8 Å². The molecule has 1 spiro atoms. The van der Waals surface area contributed by atoms with E-state index in [1.165, 1.54) is 18.9 Å². The van der Waals surface area contributed by atoms with Crippen molar-refractivity contribution in [2.75, 3.05) is 19.1 Å². The SMILES string of the molecule is COC(=O)C1=C(N)OC(C)=C(C(=O)OCc2ccccc2)C12C(=O)N(C)c1ccc(Br)cc12. The van der Waals surface area contributed by atoms with Gasteiger partial charge in [-0.25, -0.2) is 9.59 Å². The monoisotopic (exact) mass is 512 g/mol. The van der Waals surface area contributed by atoms with Crippen molar-refractivity contribution in [3.8, 4) is 0 Å². The van der Waals surface area contributed by atoms with E-state index in [0.717, 1.165) is 5.56 Å². The average molecular weight is 513 g/mol. The Bertz CT molecular complexity index is 1240. The van der Waals surface area contributed by atoms with Gasteiger partial charge in [-0.1, -0.05) is 46.3 Å². The molecule has 0 saturated carbocycles. The van der Waals surface area contributed by atoms with Gasteiger partial charge in [0, 0.05) is 22.8 Å². The van der Waals surface area contributed by atoms with Gasteiger partial charge in [-0.15, -0.1) is 0 Å². The first-order chi connectivity index (χ1) is 15.7. The lowest BCUT2D eigenvalue weighted by molar-refractivity contribution is -0.143. The summed E-state index contributed by atoms with van der Waals surface area (Å²) in [5.41, 5.74) is 5.51. The molecule has 2 N–H and O–H groups in total. The molecule has 4 rings (SSSR count). The van der Waals surface area contributed by atoms with Crippen molar-refractivity contribution in [1.29, 1.82) is 0 Å². The van der Waals surface area contributed by atoms with Crippen LogP contribution in [-0.2, 0) is 40.6 Å².